The van der Waals surface area contributed by atoms with Gasteiger partial charge in [-0.15, -0.1) is 0 Å². The second-order valence-corrected chi connectivity index (χ2v) is 5.64. The Bertz CT molecular complexity index is 959. The van der Waals surface area contributed by atoms with E-state index in [4.69, 9.17) is 13.9 Å². The van der Waals surface area contributed by atoms with Gasteiger partial charge in [0, 0.05) is 51.2 Å². The van der Waals surface area contributed by atoms with Gasteiger partial charge in [0.05, 0.1) is 17.7 Å². The summed E-state index contributed by atoms with van der Waals surface area (Å²) in [5.74, 6) is -0.319. The predicted molar refractivity (Wildman–Crippen MR) is 95.6 cm³/mol. The average Bonchev–Trinajstić information content (AvgIpc) is 2.93. The Balaban J connectivity index is 1.65. The number of hydrogen-bond acceptors (Lipinski definition) is 6. The molecule has 1 N–H and O–H groups in total. The van der Waals surface area contributed by atoms with Crippen LogP contribution in [0.1, 0.15) is 16.8 Å². The van der Waals surface area contributed by atoms with Crippen molar-refractivity contribution >= 4 is 22.7 Å². The number of fused-ring (bicyclic) bond motifs is 1. The molecule has 2 heterocycles. The van der Waals surface area contributed by atoms with Gasteiger partial charge in [-0.3, -0.25) is 9.36 Å². The first-order valence-electron chi connectivity index (χ1n) is 8.07. The van der Waals surface area contributed by atoms with E-state index in [-0.39, 0.29) is 5.91 Å². The minimum atomic E-state index is -0.450. The van der Waals surface area contributed by atoms with Crippen LogP contribution in [0.3, 0.4) is 0 Å². The number of ether oxygens (including phenoxy) is 2. The summed E-state index contributed by atoms with van der Waals surface area (Å²) in [4.78, 5) is 28.0. The van der Waals surface area contributed by atoms with Crippen LogP contribution in [0, 0.1) is 0 Å². The fraction of sp³-hybridized carbons (Fsp3) is 0.278. The number of nitrogens with one attached hydrogen (secondary N) is 1. The molecule has 0 fully saturated rings. The number of amides is 1. The Labute approximate surface area is 149 Å². The summed E-state index contributed by atoms with van der Waals surface area (Å²) in [6.45, 7) is 1.11. The van der Waals surface area contributed by atoms with E-state index in [9.17, 15) is 9.59 Å². The molecule has 0 saturated carbocycles. The topological polar surface area (TPSA) is 95.6 Å². The van der Waals surface area contributed by atoms with Crippen LogP contribution in [-0.4, -0.2) is 35.8 Å². The molecule has 136 valence electrons. The smallest absolute Gasteiger partial charge is 0.419 e. The molecular formula is C18H19N3O5. The molecular weight excluding hydrogens is 338 g/mol. The van der Waals surface area contributed by atoms with E-state index < -0.39 is 5.76 Å². The minimum absolute atomic E-state index is 0.318. The van der Waals surface area contributed by atoms with Gasteiger partial charge in [0.25, 0.3) is 5.91 Å². The van der Waals surface area contributed by atoms with Gasteiger partial charge in [0.2, 0.25) is 5.88 Å². The van der Waals surface area contributed by atoms with Gasteiger partial charge in [-0.25, -0.2) is 9.78 Å². The van der Waals surface area contributed by atoms with E-state index >= 15 is 0 Å². The van der Waals surface area contributed by atoms with Gasteiger partial charge in [-0.1, -0.05) is 0 Å². The predicted octanol–water partition coefficient (Wildman–Crippen LogP) is 2.19. The van der Waals surface area contributed by atoms with E-state index in [1.54, 1.807) is 44.5 Å². The van der Waals surface area contributed by atoms with Crippen LogP contribution in [0.2, 0.25) is 0 Å². The Kier molecular flexibility index (Phi) is 5.33. The Hall–Kier alpha value is -3.13. The molecule has 0 radical (unpaired) electrons. The van der Waals surface area contributed by atoms with Crippen molar-refractivity contribution in [3.8, 4) is 5.88 Å². The highest BCUT2D eigenvalue weighted by Crippen LogP contribution is 2.18. The molecule has 1 aromatic carbocycles. The lowest BCUT2D eigenvalue weighted by Crippen LogP contribution is -2.12. The largest absolute Gasteiger partial charge is 0.478 e. The Morgan fingerprint density at radius 2 is 2.12 bits per heavy atom. The molecule has 0 unspecified atom stereocenters. The molecule has 26 heavy (non-hydrogen) atoms. The molecule has 0 aliphatic carbocycles. The zero-order valence-corrected chi connectivity index (χ0v) is 14.5. The lowest BCUT2D eigenvalue weighted by atomic mass is 10.2. The highest BCUT2D eigenvalue weighted by molar-refractivity contribution is 6.04. The molecule has 2 aromatic heterocycles. The number of benzene rings is 1. The average molecular weight is 357 g/mol. The van der Waals surface area contributed by atoms with Crippen LogP contribution in [0.4, 0.5) is 5.69 Å². The van der Waals surface area contributed by atoms with Crippen LogP contribution in [-0.2, 0) is 11.8 Å². The number of oxazole rings is 1. The number of anilines is 1. The van der Waals surface area contributed by atoms with E-state index in [1.165, 1.54) is 10.8 Å². The van der Waals surface area contributed by atoms with Crippen molar-refractivity contribution in [1.29, 1.82) is 0 Å². The van der Waals surface area contributed by atoms with Crippen molar-refractivity contribution in [3.05, 3.63) is 52.6 Å². The lowest BCUT2D eigenvalue weighted by Gasteiger charge is -2.07. The molecule has 0 saturated heterocycles. The summed E-state index contributed by atoms with van der Waals surface area (Å²) in [7, 11) is 3.26. The number of methoxy groups -OCH3 is 1. The standard InChI is InChI=1S/C18H19N3O5/c1-21-14-6-5-13(10-15(14)26-18(21)23)20-17(22)12-4-7-16(19-11-12)25-9-3-8-24-2/h4-7,10-11H,3,8-9H2,1-2H3,(H,20,22). The summed E-state index contributed by atoms with van der Waals surface area (Å²) in [6.07, 6.45) is 2.21. The highest BCUT2D eigenvalue weighted by atomic mass is 16.5. The third kappa shape index (κ3) is 3.92. The van der Waals surface area contributed by atoms with Gasteiger partial charge in [-0.05, 0) is 18.2 Å². The minimum Gasteiger partial charge on any atom is -0.478 e. The maximum atomic E-state index is 12.3. The van der Waals surface area contributed by atoms with Crippen molar-refractivity contribution in [2.24, 2.45) is 7.05 Å². The molecule has 0 bridgehead atoms. The van der Waals surface area contributed by atoms with Crippen molar-refractivity contribution in [2.45, 2.75) is 6.42 Å². The van der Waals surface area contributed by atoms with Gasteiger partial charge >= 0.3 is 5.76 Å². The summed E-state index contributed by atoms with van der Waals surface area (Å²) in [5, 5.41) is 2.75. The van der Waals surface area contributed by atoms with Crippen molar-refractivity contribution in [1.82, 2.24) is 9.55 Å². The van der Waals surface area contributed by atoms with Crippen LogP contribution >= 0.6 is 0 Å². The normalized spacial score (nSPS) is 10.8. The summed E-state index contributed by atoms with van der Waals surface area (Å²) in [5.41, 5.74) is 1.98. The number of carbonyl (C=O) groups is 1. The summed E-state index contributed by atoms with van der Waals surface area (Å²) >= 11 is 0. The first kappa shape index (κ1) is 17.7. The molecule has 3 aromatic rings. The van der Waals surface area contributed by atoms with Crippen LogP contribution < -0.4 is 15.8 Å². The molecule has 0 atom stereocenters. The Morgan fingerprint density at radius 3 is 2.85 bits per heavy atom. The number of carbonyl (C=O) groups excluding carboxylic acids is 1. The first-order valence-corrected chi connectivity index (χ1v) is 8.07. The number of hydrogen-bond donors (Lipinski definition) is 1. The lowest BCUT2D eigenvalue weighted by molar-refractivity contribution is 0.102. The maximum absolute atomic E-state index is 12.3. The number of nitrogens with zero attached hydrogens (tertiary/aromatic N) is 2. The van der Waals surface area contributed by atoms with Crippen LogP contribution in [0.15, 0.2) is 45.7 Å². The number of rotatable bonds is 7. The Morgan fingerprint density at radius 1 is 1.27 bits per heavy atom. The zero-order valence-electron chi connectivity index (χ0n) is 14.5. The van der Waals surface area contributed by atoms with E-state index in [0.717, 1.165) is 6.42 Å². The number of pyridine rings is 1. The van der Waals surface area contributed by atoms with Crippen LogP contribution in [0.25, 0.3) is 11.1 Å². The van der Waals surface area contributed by atoms with Gasteiger partial charge in [-0.2, -0.15) is 0 Å². The zero-order chi connectivity index (χ0) is 18.5. The molecule has 0 aliphatic rings. The molecule has 3 rings (SSSR count). The summed E-state index contributed by atoms with van der Waals surface area (Å²) in [6, 6.07) is 8.30. The molecule has 1 amide bonds. The third-order valence-corrected chi connectivity index (χ3v) is 3.79. The van der Waals surface area contributed by atoms with Crippen molar-refractivity contribution in [2.75, 3.05) is 25.6 Å². The van der Waals surface area contributed by atoms with Gasteiger partial charge in [0.15, 0.2) is 5.58 Å². The highest BCUT2D eigenvalue weighted by Gasteiger charge is 2.10. The molecule has 0 aliphatic heterocycles. The fourth-order valence-electron chi connectivity index (χ4n) is 2.39. The van der Waals surface area contributed by atoms with E-state index in [2.05, 4.69) is 10.3 Å². The second kappa shape index (κ2) is 7.83. The van der Waals surface area contributed by atoms with E-state index in [0.29, 0.717) is 41.4 Å². The first-order chi connectivity index (χ1) is 12.6. The molecule has 0 spiro atoms. The quantitative estimate of drug-likeness (QED) is 0.651. The monoisotopic (exact) mass is 357 g/mol. The maximum Gasteiger partial charge on any atom is 0.419 e. The number of aryl methyl sites for hydroxylation is 1. The van der Waals surface area contributed by atoms with Gasteiger partial charge in [0.1, 0.15) is 0 Å². The molecule has 8 nitrogen and oxygen atoms in total. The number of aromatic nitrogens is 2. The van der Waals surface area contributed by atoms with Crippen molar-refractivity contribution < 1.29 is 18.7 Å². The summed E-state index contributed by atoms with van der Waals surface area (Å²) < 4.78 is 16.9. The second-order valence-electron chi connectivity index (χ2n) is 5.64. The van der Waals surface area contributed by atoms with Crippen molar-refractivity contribution in [3.63, 3.8) is 0 Å². The van der Waals surface area contributed by atoms with Crippen LogP contribution in [0.5, 0.6) is 5.88 Å². The molecule has 8 heteroatoms. The van der Waals surface area contributed by atoms with Gasteiger partial charge < -0.3 is 19.2 Å². The van der Waals surface area contributed by atoms with E-state index in [1.807, 2.05) is 0 Å². The third-order valence-electron chi connectivity index (χ3n) is 3.79. The SMILES string of the molecule is COCCCOc1ccc(C(=O)Nc2ccc3c(c2)oc(=O)n3C)cn1. The fourth-order valence-corrected chi connectivity index (χ4v) is 2.39.